The largest absolute Gasteiger partial charge is 0.467 e. The van der Waals surface area contributed by atoms with Gasteiger partial charge in [-0.1, -0.05) is 36.4 Å². The fourth-order valence-electron chi connectivity index (χ4n) is 3.31. The van der Waals surface area contributed by atoms with Gasteiger partial charge in [-0.2, -0.15) is 13.2 Å². The molecule has 202 valence electrons. The number of rotatable bonds is 8. The van der Waals surface area contributed by atoms with Gasteiger partial charge in [-0.05, 0) is 50.5 Å². The zero-order valence-corrected chi connectivity index (χ0v) is 20.6. The van der Waals surface area contributed by atoms with Gasteiger partial charge in [0.2, 0.25) is 0 Å². The molecule has 0 aliphatic heterocycles. The molecule has 37 heavy (non-hydrogen) atoms. The third kappa shape index (κ3) is 8.74. The molecule has 2 aromatic rings. The quantitative estimate of drug-likeness (QED) is 0.356. The molecule has 8 nitrogen and oxygen atoms in total. The number of benzene rings is 2. The fourth-order valence-corrected chi connectivity index (χ4v) is 3.31. The molecule has 0 unspecified atom stereocenters. The summed E-state index contributed by atoms with van der Waals surface area (Å²) in [5.41, 5.74) is -2.33. The highest BCUT2D eigenvalue weighted by molar-refractivity contribution is 5.88. The Labute approximate surface area is 211 Å². The summed E-state index contributed by atoms with van der Waals surface area (Å²) >= 11 is 0. The second-order valence-electron chi connectivity index (χ2n) is 9.09. The van der Waals surface area contributed by atoms with Crippen LogP contribution in [-0.2, 0) is 31.7 Å². The molecule has 0 fully saturated rings. The molecule has 2 aromatic carbocycles. The van der Waals surface area contributed by atoms with E-state index in [1.807, 2.05) is 0 Å². The van der Waals surface area contributed by atoms with Gasteiger partial charge in [0, 0.05) is 0 Å². The van der Waals surface area contributed by atoms with E-state index in [0.717, 1.165) is 13.2 Å². The smallest absolute Gasteiger partial charge is 0.419 e. The van der Waals surface area contributed by atoms with Crippen molar-refractivity contribution < 1.29 is 46.5 Å². The van der Waals surface area contributed by atoms with Crippen molar-refractivity contribution in [2.45, 2.75) is 57.2 Å². The average molecular weight is 528 g/mol. The summed E-state index contributed by atoms with van der Waals surface area (Å²) in [5.74, 6) is -3.94. The lowest BCUT2D eigenvalue weighted by atomic mass is 9.99. The number of amides is 2. The van der Waals surface area contributed by atoms with Crippen LogP contribution in [0.4, 0.5) is 22.4 Å². The molecule has 3 N–H and O–H groups in total. The number of ether oxygens (including phenoxy) is 2. The molecule has 0 aliphatic rings. The molecular formula is C25H28F4N2O6. The molecule has 0 saturated heterocycles. The number of hydrogen-bond acceptors (Lipinski definition) is 6. The van der Waals surface area contributed by atoms with Crippen LogP contribution >= 0.6 is 0 Å². The fraction of sp³-hybridized carbons (Fsp3) is 0.400. The maximum atomic E-state index is 13.7. The lowest BCUT2D eigenvalue weighted by Gasteiger charge is -2.27. The highest BCUT2D eigenvalue weighted by Gasteiger charge is 2.37. The number of aliphatic hydroxyl groups is 1. The third-order valence-corrected chi connectivity index (χ3v) is 5.00. The molecule has 0 spiro atoms. The Morgan fingerprint density at radius 2 is 1.62 bits per heavy atom. The van der Waals surface area contributed by atoms with Crippen LogP contribution in [-0.4, -0.2) is 47.9 Å². The monoisotopic (exact) mass is 528 g/mol. The summed E-state index contributed by atoms with van der Waals surface area (Å²) in [4.78, 5) is 37.6. The number of esters is 1. The molecular weight excluding hydrogens is 500 g/mol. The first kappa shape index (κ1) is 29.6. The third-order valence-electron chi connectivity index (χ3n) is 5.00. The van der Waals surface area contributed by atoms with Crippen molar-refractivity contribution in [2.24, 2.45) is 0 Å². The van der Waals surface area contributed by atoms with Gasteiger partial charge in [-0.15, -0.1) is 0 Å². The molecule has 2 rings (SSSR count). The summed E-state index contributed by atoms with van der Waals surface area (Å²) in [6.07, 6.45) is -8.00. The van der Waals surface area contributed by atoms with E-state index in [9.17, 15) is 37.1 Å². The van der Waals surface area contributed by atoms with Crippen LogP contribution in [0.15, 0.2) is 48.5 Å². The highest BCUT2D eigenvalue weighted by atomic mass is 19.4. The van der Waals surface area contributed by atoms with E-state index in [1.54, 1.807) is 51.1 Å². The van der Waals surface area contributed by atoms with Gasteiger partial charge in [0.25, 0.3) is 5.91 Å². The molecule has 0 radical (unpaired) electrons. The van der Waals surface area contributed by atoms with E-state index in [0.29, 0.717) is 17.7 Å². The van der Waals surface area contributed by atoms with Crippen molar-refractivity contribution >= 4 is 18.0 Å². The van der Waals surface area contributed by atoms with Crippen LogP contribution in [0.3, 0.4) is 0 Å². The van der Waals surface area contributed by atoms with Gasteiger partial charge in [-0.3, -0.25) is 4.79 Å². The SMILES string of the molecule is COC(=O)[C@H](NC(=O)[C@@H](O)[C@@H](Cc1ccccc1)NC(=O)OC(C)(C)C)c1ccc(F)c(C(F)(F)F)c1. The number of alkyl carbamates (subject to hydrolysis) is 1. The number of carbonyl (C=O) groups excluding carboxylic acids is 3. The zero-order chi connectivity index (χ0) is 28.0. The molecule has 3 atom stereocenters. The van der Waals surface area contributed by atoms with E-state index in [4.69, 9.17) is 4.74 Å². The van der Waals surface area contributed by atoms with Crippen LogP contribution in [0.1, 0.15) is 43.5 Å². The topological polar surface area (TPSA) is 114 Å². The van der Waals surface area contributed by atoms with E-state index < -0.39 is 64.9 Å². The van der Waals surface area contributed by atoms with Gasteiger partial charge in [-0.25, -0.2) is 14.0 Å². The van der Waals surface area contributed by atoms with E-state index in [-0.39, 0.29) is 6.42 Å². The summed E-state index contributed by atoms with van der Waals surface area (Å²) < 4.78 is 63.1. The van der Waals surface area contributed by atoms with E-state index in [2.05, 4.69) is 15.4 Å². The molecule has 0 aromatic heterocycles. The van der Waals surface area contributed by atoms with Crippen molar-refractivity contribution in [3.8, 4) is 0 Å². The maximum Gasteiger partial charge on any atom is 0.419 e. The highest BCUT2D eigenvalue weighted by Crippen LogP contribution is 2.33. The minimum Gasteiger partial charge on any atom is -0.467 e. The number of carbonyl (C=O) groups is 3. The number of halogens is 4. The standard InChI is InChI=1S/C25H28F4N2O6/c1-24(2,3)37-23(35)30-18(12-14-8-6-5-7-9-14)20(32)21(33)31-19(22(34)36-4)15-10-11-17(26)16(13-15)25(27,28)29/h5-11,13,18-20,32H,12H2,1-4H3,(H,30,35)(H,31,33)/t18-,19-,20+/m1/s1. The molecule has 0 aliphatic carbocycles. The van der Waals surface area contributed by atoms with Crippen LogP contribution in [0.2, 0.25) is 0 Å². The van der Waals surface area contributed by atoms with Crippen molar-refractivity contribution in [2.75, 3.05) is 7.11 Å². The number of nitrogens with one attached hydrogen (secondary N) is 2. The van der Waals surface area contributed by atoms with Gasteiger partial charge in [0.15, 0.2) is 12.1 Å². The Morgan fingerprint density at radius 1 is 1.00 bits per heavy atom. The number of alkyl halides is 3. The van der Waals surface area contributed by atoms with Gasteiger partial charge in [0.1, 0.15) is 11.4 Å². The van der Waals surface area contributed by atoms with Crippen LogP contribution < -0.4 is 10.6 Å². The summed E-state index contributed by atoms with van der Waals surface area (Å²) in [6.45, 7) is 4.84. The lowest BCUT2D eigenvalue weighted by molar-refractivity contribution is -0.147. The summed E-state index contributed by atoms with van der Waals surface area (Å²) in [5, 5.41) is 15.3. The zero-order valence-electron chi connectivity index (χ0n) is 20.6. The normalized spacial score (nSPS) is 14.2. The van der Waals surface area contributed by atoms with Gasteiger partial charge < -0.3 is 25.2 Å². The lowest BCUT2D eigenvalue weighted by Crippen LogP contribution is -2.53. The molecule has 2 amide bonds. The predicted molar refractivity (Wildman–Crippen MR) is 124 cm³/mol. The Kier molecular flexibility index (Phi) is 9.62. The summed E-state index contributed by atoms with van der Waals surface area (Å²) in [7, 11) is 0.939. The summed E-state index contributed by atoms with van der Waals surface area (Å²) in [6, 6.07) is 7.18. The van der Waals surface area contributed by atoms with E-state index in [1.165, 1.54) is 0 Å². The first-order valence-electron chi connectivity index (χ1n) is 11.1. The first-order valence-corrected chi connectivity index (χ1v) is 11.1. The molecule has 0 bridgehead atoms. The van der Waals surface area contributed by atoms with Crippen molar-refractivity contribution in [3.05, 3.63) is 71.0 Å². The Hall–Kier alpha value is -3.67. The molecule has 12 heteroatoms. The van der Waals surface area contributed by atoms with E-state index >= 15 is 0 Å². The Morgan fingerprint density at radius 3 is 2.16 bits per heavy atom. The van der Waals surface area contributed by atoms with Crippen LogP contribution in [0, 0.1) is 5.82 Å². The minimum absolute atomic E-state index is 0.0354. The second-order valence-corrected chi connectivity index (χ2v) is 9.09. The number of aliphatic hydroxyl groups excluding tert-OH is 1. The van der Waals surface area contributed by atoms with Crippen molar-refractivity contribution in [3.63, 3.8) is 0 Å². The van der Waals surface area contributed by atoms with Gasteiger partial charge in [0.05, 0.1) is 18.7 Å². The molecule has 0 heterocycles. The predicted octanol–water partition coefficient (Wildman–Crippen LogP) is 3.67. The second kappa shape index (κ2) is 12.0. The number of methoxy groups -OCH3 is 1. The Balaban J connectivity index is 2.34. The average Bonchev–Trinajstić information content (AvgIpc) is 2.80. The van der Waals surface area contributed by atoms with Crippen molar-refractivity contribution in [1.82, 2.24) is 10.6 Å². The van der Waals surface area contributed by atoms with Crippen LogP contribution in [0.25, 0.3) is 0 Å². The first-order chi connectivity index (χ1) is 17.1. The van der Waals surface area contributed by atoms with Crippen LogP contribution in [0.5, 0.6) is 0 Å². The maximum absolute atomic E-state index is 13.7. The van der Waals surface area contributed by atoms with Crippen molar-refractivity contribution in [1.29, 1.82) is 0 Å². The van der Waals surface area contributed by atoms with Gasteiger partial charge >= 0.3 is 18.2 Å². The molecule has 0 saturated carbocycles. The Bertz CT molecular complexity index is 1100. The number of hydrogen-bond donors (Lipinski definition) is 3. The minimum atomic E-state index is -5.07.